The van der Waals surface area contributed by atoms with Crippen molar-refractivity contribution in [3.8, 4) is 0 Å². The summed E-state index contributed by atoms with van der Waals surface area (Å²) in [7, 11) is 0. The van der Waals surface area contributed by atoms with Gasteiger partial charge in [-0.15, -0.1) is 0 Å². The normalized spacial score (nSPS) is 27.2. The van der Waals surface area contributed by atoms with Crippen LogP contribution in [0.4, 0.5) is 0 Å². The Morgan fingerprint density at radius 1 is 1.37 bits per heavy atom. The highest BCUT2D eigenvalue weighted by atomic mass is 15.2. The lowest BCUT2D eigenvalue weighted by Gasteiger charge is -2.31. The Morgan fingerprint density at radius 3 is 3.05 bits per heavy atom. The third-order valence-electron chi connectivity index (χ3n) is 4.61. The van der Waals surface area contributed by atoms with Crippen LogP contribution in [-0.2, 0) is 6.54 Å². The Labute approximate surface area is 114 Å². The van der Waals surface area contributed by atoms with Crippen LogP contribution in [-0.4, -0.2) is 28.3 Å². The van der Waals surface area contributed by atoms with Crippen LogP contribution >= 0.6 is 0 Å². The standard InChI is InChI=1S/C15H22N4/c16-15(17)13-9-11(5-7-18-13)10-19-8-6-12-3-1-2-4-14(12)19/h5,7,9,12,14H,1-4,6,8,10H2,(H3,16,17). The van der Waals surface area contributed by atoms with Crippen LogP contribution in [0.2, 0.25) is 0 Å². The summed E-state index contributed by atoms with van der Waals surface area (Å²) in [5, 5.41) is 7.47. The highest BCUT2D eigenvalue weighted by Gasteiger charge is 2.35. The molecule has 102 valence electrons. The van der Waals surface area contributed by atoms with Crippen LogP contribution in [0.3, 0.4) is 0 Å². The van der Waals surface area contributed by atoms with Crippen LogP contribution in [0.15, 0.2) is 18.3 Å². The molecule has 1 saturated heterocycles. The Morgan fingerprint density at radius 2 is 2.21 bits per heavy atom. The maximum absolute atomic E-state index is 7.47. The van der Waals surface area contributed by atoms with E-state index in [1.807, 2.05) is 12.1 Å². The number of nitrogens with one attached hydrogen (secondary N) is 1. The number of fused-ring (bicyclic) bond motifs is 1. The van der Waals surface area contributed by atoms with Gasteiger partial charge in [-0.25, -0.2) is 0 Å². The number of hydrogen-bond acceptors (Lipinski definition) is 3. The van der Waals surface area contributed by atoms with E-state index in [2.05, 4.69) is 9.88 Å². The van der Waals surface area contributed by atoms with E-state index in [9.17, 15) is 0 Å². The molecule has 0 bridgehead atoms. The topological polar surface area (TPSA) is 66.0 Å². The van der Waals surface area contributed by atoms with E-state index in [0.717, 1.165) is 18.5 Å². The van der Waals surface area contributed by atoms with Gasteiger partial charge in [-0.3, -0.25) is 15.3 Å². The van der Waals surface area contributed by atoms with E-state index in [4.69, 9.17) is 11.1 Å². The number of nitrogen functional groups attached to an aromatic ring is 1. The van der Waals surface area contributed by atoms with Crippen molar-refractivity contribution < 1.29 is 0 Å². The average Bonchev–Trinajstić information content (AvgIpc) is 2.83. The van der Waals surface area contributed by atoms with Crippen LogP contribution < -0.4 is 5.73 Å². The van der Waals surface area contributed by atoms with Gasteiger partial charge in [-0.1, -0.05) is 12.8 Å². The third-order valence-corrected chi connectivity index (χ3v) is 4.61. The maximum atomic E-state index is 7.47. The second-order valence-electron chi connectivity index (χ2n) is 5.83. The number of nitrogens with zero attached hydrogens (tertiary/aromatic N) is 2. The first-order chi connectivity index (χ1) is 9.24. The summed E-state index contributed by atoms with van der Waals surface area (Å²) in [6.45, 7) is 2.19. The molecule has 2 aliphatic rings. The van der Waals surface area contributed by atoms with Gasteiger partial charge in [-0.2, -0.15) is 0 Å². The van der Waals surface area contributed by atoms with E-state index < -0.39 is 0 Å². The molecule has 1 aromatic heterocycles. The second kappa shape index (κ2) is 5.29. The Hall–Kier alpha value is -1.42. The van der Waals surface area contributed by atoms with Crippen LogP contribution in [0.1, 0.15) is 43.4 Å². The number of hydrogen-bond donors (Lipinski definition) is 2. The van der Waals surface area contributed by atoms with Crippen LogP contribution in [0, 0.1) is 11.3 Å². The lowest BCUT2D eigenvalue weighted by Crippen LogP contribution is -2.34. The number of rotatable bonds is 3. The van der Waals surface area contributed by atoms with Gasteiger partial charge >= 0.3 is 0 Å². The minimum atomic E-state index is 0.0545. The van der Waals surface area contributed by atoms with Crippen LogP contribution in [0.25, 0.3) is 0 Å². The predicted octanol–water partition coefficient (Wildman–Crippen LogP) is 2.13. The lowest BCUT2D eigenvalue weighted by molar-refractivity contribution is 0.176. The number of amidine groups is 1. The molecule has 1 saturated carbocycles. The van der Waals surface area contributed by atoms with Gasteiger partial charge in [0.05, 0.1) is 0 Å². The summed E-state index contributed by atoms with van der Waals surface area (Å²) >= 11 is 0. The quantitative estimate of drug-likeness (QED) is 0.645. The summed E-state index contributed by atoms with van der Waals surface area (Å²) in [6, 6.07) is 4.78. The highest BCUT2D eigenvalue weighted by Crippen LogP contribution is 2.36. The molecule has 2 unspecified atom stereocenters. The molecular weight excluding hydrogens is 236 g/mol. The average molecular weight is 258 g/mol. The Bertz CT molecular complexity index is 471. The first kappa shape index (κ1) is 12.6. The fraction of sp³-hybridized carbons (Fsp3) is 0.600. The van der Waals surface area contributed by atoms with Gasteiger partial charge in [0.15, 0.2) is 0 Å². The summed E-state index contributed by atoms with van der Waals surface area (Å²) in [4.78, 5) is 6.74. The molecule has 1 aliphatic heterocycles. The summed E-state index contributed by atoms with van der Waals surface area (Å²) in [6.07, 6.45) is 8.69. The molecule has 4 nitrogen and oxygen atoms in total. The molecule has 2 fully saturated rings. The Kier molecular flexibility index (Phi) is 3.51. The number of pyridine rings is 1. The molecule has 4 heteroatoms. The third kappa shape index (κ3) is 2.63. The molecule has 0 radical (unpaired) electrons. The molecule has 1 aromatic rings. The van der Waals surface area contributed by atoms with Gasteiger partial charge in [0.1, 0.15) is 11.5 Å². The summed E-state index contributed by atoms with van der Waals surface area (Å²) in [5.74, 6) is 0.974. The van der Waals surface area contributed by atoms with Crippen molar-refractivity contribution in [2.45, 2.75) is 44.7 Å². The van der Waals surface area contributed by atoms with Gasteiger partial charge in [0.2, 0.25) is 0 Å². The predicted molar refractivity (Wildman–Crippen MR) is 76.0 cm³/mol. The van der Waals surface area contributed by atoms with Crippen LogP contribution in [0.5, 0.6) is 0 Å². The monoisotopic (exact) mass is 258 g/mol. The van der Waals surface area contributed by atoms with Gasteiger partial charge < -0.3 is 5.73 Å². The van der Waals surface area contributed by atoms with Crippen molar-refractivity contribution >= 4 is 5.84 Å². The minimum Gasteiger partial charge on any atom is -0.382 e. The molecule has 0 spiro atoms. The van der Waals surface area contributed by atoms with Crippen molar-refractivity contribution in [2.75, 3.05) is 6.54 Å². The van der Waals surface area contributed by atoms with Crippen molar-refractivity contribution in [1.29, 1.82) is 5.41 Å². The molecule has 19 heavy (non-hydrogen) atoms. The summed E-state index contributed by atoms with van der Waals surface area (Å²) < 4.78 is 0. The number of nitrogens with two attached hydrogens (primary N) is 1. The van der Waals surface area contributed by atoms with E-state index in [-0.39, 0.29) is 5.84 Å². The zero-order chi connectivity index (χ0) is 13.2. The summed E-state index contributed by atoms with van der Waals surface area (Å²) in [5.41, 5.74) is 7.33. The lowest BCUT2D eigenvalue weighted by atomic mass is 9.85. The van der Waals surface area contributed by atoms with E-state index in [1.54, 1.807) is 6.20 Å². The fourth-order valence-corrected chi connectivity index (χ4v) is 3.65. The first-order valence-electron chi connectivity index (χ1n) is 7.27. The SMILES string of the molecule is N=C(N)c1cc(CN2CCC3CCCCC32)ccn1. The van der Waals surface area contributed by atoms with E-state index in [1.165, 1.54) is 44.2 Å². The van der Waals surface area contributed by atoms with Gasteiger partial charge in [0.25, 0.3) is 0 Å². The zero-order valence-corrected chi connectivity index (χ0v) is 11.3. The molecule has 2 atom stereocenters. The van der Waals surface area contributed by atoms with Crippen molar-refractivity contribution in [3.05, 3.63) is 29.6 Å². The Balaban J connectivity index is 1.71. The second-order valence-corrected chi connectivity index (χ2v) is 5.83. The molecular formula is C15H22N4. The molecule has 2 heterocycles. The largest absolute Gasteiger partial charge is 0.382 e. The zero-order valence-electron chi connectivity index (χ0n) is 11.3. The smallest absolute Gasteiger partial charge is 0.141 e. The molecule has 3 rings (SSSR count). The highest BCUT2D eigenvalue weighted by molar-refractivity contribution is 5.93. The first-order valence-corrected chi connectivity index (χ1v) is 7.27. The van der Waals surface area contributed by atoms with Crippen molar-refractivity contribution in [1.82, 2.24) is 9.88 Å². The molecule has 0 amide bonds. The molecule has 1 aliphatic carbocycles. The maximum Gasteiger partial charge on any atom is 0.141 e. The van der Waals surface area contributed by atoms with E-state index in [0.29, 0.717) is 5.69 Å². The molecule has 0 aromatic carbocycles. The minimum absolute atomic E-state index is 0.0545. The van der Waals surface area contributed by atoms with Gasteiger partial charge in [-0.05, 0) is 49.4 Å². The fourth-order valence-electron chi connectivity index (χ4n) is 3.65. The van der Waals surface area contributed by atoms with E-state index >= 15 is 0 Å². The number of aromatic nitrogens is 1. The van der Waals surface area contributed by atoms with Crippen molar-refractivity contribution in [3.63, 3.8) is 0 Å². The molecule has 3 N–H and O–H groups in total. The van der Waals surface area contributed by atoms with Crippen molar-refractivity contribution in [2.24, 2.45) is 11.7 Å². The number of likely N-dealkylation sites (tertiary alicyclic amines) is 1. The van der Waals surface area contributed by atoms with Gasteiger partial charge in [0, 0.05) is 18.8 Å².